The van der Waals surface area contributed by atoms with Crippen LogP contribution in [0, 0.1) is 0 Å². The van der Waals surface area contributed by atoms with Crippen LogP contribution in [-0.4, -0.2) is 19.0 Å². The van der Waals surface area contributed by atoms with E-state index in [2.05, 4.69) is 54.9 Å². The third-order valence-corrected chi connectivity index (χ3v) is 8.58. The van der Waals surface area contributed by atoms with Crippen LogP contribution in [0.5, 0.6) is 11.5 Å². The van der Waals surface area contributed by atoms with Crippen LogP contribution in [0.25, 0.3) is 0 Å². The number of carbonyl (C=O) groups is 1. The Morgan fingerprint density at radius 1 is 0.743 bits per heavy atom. The topological polar surface area (TPSA) is 35.5 Å². The van der Waals surface area contributed by atoms with Crippen LogP contribution in [0.2, 0.25) is 0 Å². The lowest BCUT2D eigenvalue weighted by atomic mass is 9.64. The Morgan fingerprint density at radius 3 is 1.94 bits per heavy atom. The van der Waals surface area contributed by atoms with Gasteiger partial charge in [-0.05, 0) is 53.4 Å². The Kier molecular flexibility index (Phi) is 7.07. The molecule has 0 saturated heterocycles. The van der Waals surface area contributed by atoms with Gasteiger partial charge in [0.25, 0.3) is 0 Å². The van der Waals surface area contributed by atoms with Crippen LogP contribution in [0.1, 0.15) is 76.3 Å². The molecule has 3 nitrogen and oxygen atoms in total. The molecule has 2 aromatic carbocycles. The summed E-state index contributed by atoms with van der Waals surface area (Å²) in [5.74, 6) is 1.42. The summed E-state index contributed by atoms with van der Waals surface area (Å²) in [5, 5.41) is 4.23. The van der Waals surface area contributed by atoms with E-state index >= 15 is 0 Å². The van der Waals surface area contributed by atoms with Gasteiger partial charge in [-0.2, -0.15) is 0 Å². The Morgan fingerprint density at radius 2 is 1.34 bits per heavy atom. The van der Waals surface area contributed by atoms with Crippen molar-refractivity contribution in [2.45, 2.75) is 44.9 Å². The Labute approximate surface area is 215 Å². The van der Waals surface area contributed by atoms with Gasteiger partial charge < -0.3 is 9.47 Å². The normalized spacial score (nSPS) is 13.8. The predicted molar refractivity (Wildman–Crippen MR) is 145 cm³/mol. The number of rotatable bonds is 10. The van der Waals surface area contributed by atoms with E-state index in [-0.39, 0.29) is 5.78 Å². The molecular weight excluding hydrogens is 472 g/mol. The number of hydrogen-bond acceptors (Lipinski definition) is 5. The fraction of sp³-hybridized carbons (Fsp3) is 0.300. The molecular formula is C30H30O3S2. The van der Waals surface area contributed by atoms with E-state index in [1.807, 2.05) is 30.3 Å². The van der Waals surface area contributed by atoms with Crippen LogP contribution < -0.4 is 9.47 Å². The summed E-state index contributed by atoms with van der Waals surface area (Å²) in [7, 11) is 0. The first kappa shape index (κ1) is 23.8. The van der Waals surface area contributed by atoms with E-state index in [1.165, 1.54) is 9.75 Å². The molecule has 0 saturated carbocycles. The van der Waals surface area contributed by atoms with E-state index in [0.717, 1.165) is 48.1 Å². The van der Waals surface area contributed by atoms with Gasteiger partial charge in [0.15, 0.2) is 5.78 Å². The summed E-state index contributed by atoms with van der Waals surface area (Å²) in [6, 6.07) is 20.5. The van der Waals surface area contributed by atoms with Crippen LogP contribution in [0.4, 0.5) is 0 Å². The molecule has 0 aliphatic heterocycles. The summed E-state index contributed by atoms with van der Waals surface area (Å²) in [4.78, 5) is 16.5. The van der Waals surface area contributed by atoms with Gasteiger partial charge in [0.2, 0.25) is 0 Å². The Hall–Kier alpha value is -2.89. The lowest BCUT2D eigenvalue weighted by Gasteiger charge is -2.40. The zero-order chi connectivity index (χ0) is 24.3. The summed E-state index contributed by atoms with van der Waals surface area (Å²) in [6.07, 6.45) is 3.98. The lowest BCUT2D eigenvalue weighted by Crippen LogP contribution is -2.37. The van der Waals surface area contributed by atoms with Crippen LogP contribution in [0.3, 0.4) is 0 Å². The van der Waals surface area contributed by atoms with Gasteiger partial charge in [0.05, 0.1) is 24.2 Å². The van der Waals surface area contributed by atoms with Gasteiger partial charge in [-0.3, -0.25) is 4.79 Å². The molecule has 0 fully saturated rings. The SMILES string of the molecule is CCCCOc1ccc(OCCCC)c2c1C(=O)c1ccccc1C2(c1cccs1)c1cccs1. The molecule has 0 amide bonds. The van der Waals surface area contributed by atoms with Gasteiger partial charge in [0.1, 0.15) is 11.5 Å². The largest absolute Gasteiger partial charge is 0.493 e. The van der Waals surface area contributed by atoms with Gasteiger partial charge in [-0.25, -0.2) is 0 Å². The minimum atomic E-state index is -0.645. The van der Waals surface area contributed by atoms with E-state index in [0.29, 0.717) is 24.5 Å². The zero-order valence-corrected chi connectivity index (χ0v) is 21.8. The highest BCUT2D eigenvalue weighted by Crippen LogP contribution is 2.57. The number of thiophene rings is 2. The molecule has 180 valence electrons. The van der Waals surface area contributed by atoms with E-state index in [9.17, 15) is 4.79 Å². The molecule has 0 N–H and O–H groups in total. The smallest absolute Gasteiger partial charge is 0.197 e. The molecule has 2 aromatic heterocycles. The predicted octanol–water partition coefficient (Wildman–Crippen LogP) is 8.09. The molecule has 5 heteroatoms. The number of ether oxygens (including phenoxy) is 2. The van der Waals surface area contributed by atoms with Crippen molar-refractivity contribution in [1.29, 1.82) is 0 Å². The fourth-order valence-corrected chi connectivity index (χ4v) is 6.93. The molecule has 2 heterocycles. The van der Waals surface area contributed by atoms with E-state index in [4.69, 9.17) is 9.47 Å². The van der Waals surface area contributed by atoms with Crippen molar-refractivity contribution in [2.24, 2.45) is 0 Å². The van der Waals surface area contributed by atoms with Gasteiger partial charge in [-0.1, -0.05) is 63.1 Å². The molecule has 0 spiro atoms. The molecule has 5 rings (SSSR count). The molecule has 0 atom stereocenters. The average Bonchev–Trinajstić information content (AvgIpc) is 3.61. The van der Waals surface area contributed by atoms with Crippen molar-refractivity contribution < 1.29 is 14.3 Å². The monoisotopic (exact) mass is 502 g/mol. The van der Waals surface area contributed by atoms with Crippen molar-refractivity contribution in [3.63, 3.8) is 0 Å². The quantitative estimate of drug-likeness (QED) is 0.181. The highest BCUT2D eigenvalue weighted by Gasteiger charge is 2.50. The van der Waals surface area contributed by atoms with Gasteiger partial charge in [-0.15, -0.1) is 22.7 Å². The van der Waals surface area contributed by atoms with Crippen molar-refractivity contribution in [3.05, 3.63) is 103 Å². The van der Waals surface area contributed by atoms with Crippen molar-refractivity contribution >= 4 is 28.5 Å². The third kappa shape index (κ3) is 4.01. The maximum absolute atomic E-state index is 14.1. The summed E-state index contributed by atoms with van der Waals surface area (Å²) in [6.45, 7) is 5.49. The summed E-state index contributed by atoms with van der Waals surface area (Å²) >= 11 is 3.44. The minimum absolute atomic E-state index is 0.00628. The Bertz CT molecular complexity index is 1260. The fourth-order valence-electron chi connectivity index (χ4n) is 4.95. The van der Waals surface area contributed by atoms with Gasteiger partial charge >= 0.3 is 0 Å². The second kappa shape index (κ2) is 10.4. The Balaban J connectivity index is 1.87. The second-order valence-corrected chi connectivity index (χ2v) is 10.7. The highest BCUT2D eigenvalue weighted by atomic mass is 32.1. The second-order valence-electron chi connectivity index (χ2n) is 8.80. The maximum Gasteiger partial charge on any atom is 0.197 e. The third-order valence-electron chi connectivity index (χ3n) is 6.60. The van der Waals surface area contributed by atoms with E-state index < -0.39 is 5.41 Å². The summed E-state index contributed by atoms with van der Waals surface area (Å²) in [5.41, 5.74) is 2.64. The number of hydrogen-bond donors (Lipinski definition) is 0. The van der Waals surface area contributed by atoms with Gasteiger partial charge in [0, 0.05) is 20.9 Å². The average molecular weight is 503 g/mol. The van der Waals surface area contributed by atoms with Crippen molar-refractivity contribution in [3.8, 4) is 11.5 Å². The lowest BCUT2D eigenvalue weighted by molar-refractivity contribution is 0.102. The van der Waals surface area contributed by atoms with Crippen molar-refractivity contribution in [1.82, 2.24) is 0 Å². The van der Waals surface area contributed by atoms with Crippen LogP contribution >= 0.6 is 22.7 Å². The van der Waals surface area contributed by atoms with Crippen LogP contribution in [0.15, 0.2) is 71.4 Å². The molecule has 4 aromatic rings. The molecule has 0 radical (unpaired) electrons. The molecule has 1 aliphatic rings. The minimum Gasteiger partial charge on any atom is -0.493 e. The number of ketones is 1. The number of benzene rings is 2. The van der Waals surface area contributed by atoms with Crippen molar-refractivity contribution in [2.75, 3.05) is 13.2 Å². The molecule has 0 bridgehead atoms. The summed E-state index contributed by atoms with van der Waals surface area (Å²) < 4.78 is 12.7. The molecule has 1 aliphatic carbocycles. The van der Waals surface area contributed by atoms with E-state index in [1.54, 1.807) is 22.7 Å². The highest BCUT2D eigenvalue weighted by molar-refractivity contribution is 7.12. The number of carbonyl (C=O) groups excluding carboxylic acids is 1. The molecule has 35 heavy (non-hydrogen) atoms. The standard InChI is InChI=1S/C30H30O3S2/c1-3-5-17-32-23-15-16-24(33-18-6-4-2)28-27(23)29(31)21-11-7-8-12-22(21)30(28,25-13-9-19-34-25)26-14-10-20-35-26/h7-16,19-20H,3-6,17-18H2,1-2H3. The first-order chi connectivity index (χ1) is 17.2. The number of fused-ring (bicyclic) bond motifs is 2. The first-order valence-electron chi connectivity index (χ1n) is 12.4. The van der Waals surface area contributed by atoms with Crippen LogP contribution in [-0.2, 0) is 5.41 Å². The first-order valence-corrected chi connectivity index (χ1v) is 14.1. The zero-order valence-electron chi connectivity index (χ0n) is 20.2. The maximum atomic E-state index is 14.1. The number of unbranched alkanes of at least 4 members (excludes halogenated alkanes) is 2. The molecule has 0 unspecified atom stereocenters.